The van der Waals surface area contributed by atoms with E-state index >= 15 is 0 Å². The third-order valence-corrected chi connectivity index (χ3v) is 2.93. The van der Waals surface area contributed by atoms with Crippen LogP contribution in [-0.2, 0) is 11.2 Å². The Labute approximate surface area is 109 Å². The van der Waals surface area contributed by atoms with E-state index in [0.717, 1.165) is 16.5 Å². The van der Waals surface area contributed by atoms with E-state index in [4.69, 9.17) is 5.11 Å². The van der Waals surface area contributed by atoms with Gasteiger partial charge in [0.05, 0.1) is 24.0 Å². The smallest absolute Gasteiger partial charge is 0.309 e. The predicted octanol–water partition coefficient (Wildman–Crippen LogP) is 2.05. The minimum atomic E-state index is -0.899. The molecule has 0 aliphatic carbocycles. The normalized spacial score (nSPS) is 10.7. The topological polar surface area (TPSA) is 68.0 Å². The summed E-state index contributed by atoms with van der Waals surface area (Å²) in [5.41, 5.74) is 1.37. The number of carbonyl (C=O) groups is 1. The van der Waals surface area contributed by atoms with Crippen molar-refractivity contribution < 1.29 is 9.90 Å². The molecule has 0 unspecified atom stereocenters. The van der Waals surface area contributed by atoms with Crippen LogP contribution in [0.15, 0.2) is 48.7 Å². The van der Waals surface area contributed by atoms with Crippen molar-refractivity contribution in [1.82, 2.24) is 15.0 Å². The first kappa shape index (κ1) is 11.4. The second-order valence-corrected chi connectivity index (χ2v) is 4.24. The number of benzene rings is 2. The summed E-state index contributed by atoms with van der Waals surface area (Å²) in [6, 6.07) is 13.8. The van der Waals surface area contributed by atoms with E-state index in [1.807, 2.05) is 42.5 Å². The Morgan fingerprint density at radius 1 is 1.16 bits per heavy atom. The fraction of sp³-hybridized carbons (Fsp3) is 0.0714. The van der Waals surface area contributed by atoms with E-state index < -0.39 is 5.97 Å². The predicted molar refractivity (Wildman–Crippen MR) is 70.2 cm³/mol. The number of aromatic nitrogens is 3. The highest BCUT2D eigenvalue weighted by atomic mass is 16.4. The molecule has 1 heterocycles. The van der Waals surface area contributed by atoms with Crippen LogP contribution >= 0.6 is 0 Å². The summed E-state index contributed by atoms with van der Waals surface area (Å²) in [5.74, 6) is -0.899. The highest BCUT2D eigenvalue weighted by Crippen LogP contribution is 2.18. The molecule has 2 aromatic carbocycles. The minimum absolute atomic E-state index is 0.0974. The quantitative estimate of drug-likeness (QED) is 0.775. The van der Waals surface area contributed by atoms with Crippen LogP contribution < -0.4 is 0 Å². The lowest BCUT2D eigenvalue weighted by molar-refractivity contribution is -0.136. The summed E-state index contributed by atoms with van der Waals surface area (Å²) in [6.45, 7) is 0. The third-order valence-electron chi connectivity index (χ3n) is 2.93. The first-order chi connectivity index (χ1) is 9.24. The number of fused-ring (bicyclic) bond motifs is 1. The highest BCUT2D eigenvalue weighted by Gasteiger charge is 2.10. The minimum Gasteiger partial charge on any atom is -0.481 e. The highest BCUT2D eigenvalue weighted by molar-refractivity contribution is 5.84. The molecule has 0 fully saturated rings. The number of hydrogen-bond donors (Lipinski definition) is 1. The Balaban J connectivity index is 2.09. The lowest BCUT2D eigenvalue weighted by atomic mass is 10.1. The summed E-state index contributed by atoms with van der Waals surface area (Å²) in [4.78, 5) is 10.8. The molecule has 3 rings (SSSR count). The Morgan fingerprint density at radius 3 is 2.74 bits per heavy atom. The molecular weight excluding hydrogens is 242 g/mol. The van der Waals surface area contributed by atoms with Gasteiger partial charge in [0.25, 0.3) is 0 Å². The number of rotatable bonds is 3. The molecule has 0 aliphatic rings. The number of carboxylic acids is 1. The molecule has 0 radical (unpaired) electrons. The van der Waals surface area contributed by atoms with Crippen LogP contribution in [-0.4, -0.2) is 26.1 Å². The van der Waals surface area contributed by atoms with Gasteiger partial charge in [-0.05, 0) is 22.9 Å². The number of nitrogens with zero attached hydrogens (tertiary/aromatic N) is 3. The largest absolute Gasteiger partial charge is 0.481 e. The van der Waals surface area contributed by atoms with Gasteiger partial charge in [-0.25, -0.2) is 4.68 Å². The van der Waals surface area contributed by atoms with Gasteiger partial charge in [-0.3, -0.25) is 4.79 Å². The molecule has 0 atom stereocenters. The van der Waals surface area contributed by atoms with Crippen molar-refractivity contribution in [3.8, 4) is 5.69 Å². The van der Waals surface area contributed by atoms with Crippen LogP contribution in [0.5, 0.6) is 0 Å². The summed E-state index contributed by atoms with van der Waals surface area (Å²) in [6.07, 6.45) is 1.38. The molecule has 5 heteroatoms. The van der Waals surface area contributed by atoms with Gasteiger partial charge in [-0.15, -0.1) is 5.10 Å². The van der Waals surface area contributed by atoms with Crippen molar-refractivity contribution >= 4 is 16.7 Å². The molecule has 19 heavy (non-hydrogen) atoms. The van der Waals surface area contributed by atoms with E-state index in [1.54, 1.807) is 4.68 Å². The summed E-state index contributed by atoms with van der Waals surface area (Å²) < 4.78 is 1.56. The molecule has 94 valence electrons. The van der Waals surface area contributed by atoms with Crippen molar-refractivity contribution in [1.29, 1.82) is 0 Å². The Morgan fingerprint density at radius 2 is 1.95 bits per heavy atom. The second-order valence-electron chi connectivity index (χ2n) is 4.24. The fourth-order valence-corrected chi connectivity index (χ4v) is 2.06. The third kappa shape index (κ3) is 2.18. The average Bonchev–Trinajstić information content (AvgIpc) is 2.85. The van der Waals surface area contributed by atoms with Crippen LogP contribution in [0.25, 0.3) is 16.5 Å². The van der Waals surface area contributed by atoms with E-state index in [-0.39, 0.29) is 6.42 Å². The average molecular weight is 253 g/mol. The second kappa shape index (κ2) is 4.53. The van der Waals surface area contributed by atoms with E-state index in [2.05, 4.69) is 10.3 Å². The molecule has 1 N–H and O–H groups in total. The first-order valence-electron chi connectivity index (χ1n) is 5.84. The zero-order valence-corrected chi connectivity index (χ0v) is 10.0. The van der Waals surface area contributed by atoms with Crippen LogP contribution in [0, 0.1) is 0 Å². The zero-order valence-electron chi connectivity index (χ0n) is 10.0. The van der Waals surface area contributed by atoms with Crippen molar-refractivity contribution in [3.05, 3.63) is 54.4 Å². The molecule has 0 saturated carbocycles. The first-order valence-corrected chi connectivity index (χ1v) is 5.84. The molecule has 3 aromatic rings. The molecule has 5 nitrogen and oxygen atoms in total. The number of aliphatic carboxylic acids is 1. The van der Waals surface area contributed by atoms with Crippen molar-refractivity contribution in [2.45, 2.75) is 6.42 Å². The van der Waals surface area contributed by atoms with Gasteiger partial charge < -0.3 is 5.11 Å². The van der Waals surface area contributed by atoms with Crippen LogP contribution in [0.1, 0.15) is 5.69 Å². The van der Waals surface area contributed by atoms with E-state index in [0.29, 0.717) is 5.69 Å². The maximum atomic E-state index is 10.8. The molecule has 0 saturated heterocycles. The molecule has 1 aromatic heterocycles. The van der Waals surface area contributed by atoms with Gasteiger partial charge in [0, 0.05) is 0 Å². The van der Waals surface area contributed by atoms with Gasteiger partial charge in [-0.2, -0.15) is 0 Å². The Kier molecular flexibility index (Phi) is 2.72. The van der Waals surface area contributed by atoms with Crippen molar-refractivity contribution in [2.24, 2.45) is 0 Å². The summed E-state index contributed by atoms with van der Waals surface area (Å²) >= 11 is 0. The number of hydrogen-bond acceptors (Lipinski definition) is 3. The molecule has 0 bridgehead atoms. The standard InChI is InChI=1S/C14H11N3O2/c18-14(19)8-13-9-15-16-17(13)12-6-5-10-3-1-2-4-11(10)7-12/h1-7,9H,8H2,(H,18,19). The van der Waals surface area contributed by atoms with Gasteiger partial charge in [0.1, 0.15) is 0 Å². The number of carboxylic acid groups (broad SMARTS) is 1. The maximum Gasteiger partial charge on any atom is 0.309 e. The lowest BCUT2D eigenvalue weighted by Gasteiger charge is -2.06. The van der Waals surface area contributed by atoms with Gasteiger partial charge in [0.15, 0.2) is 0 Å². The van der Waals surface area contributed by atoms with Gasteiger partial charge in [-0.1, -0.05) is 35.5 Å². The zero-order chi connectivity index (χ0) is 13.2. The maximum absolute atomic E-state index is 10.8. The lowest BCUT2D eigenvalue weighted by Crippen LogP contribution is -2.07. The van der Waals surface area contributed by atoms with Crippen molar-refractivity contribution in [2.75, 3.05) is 0 Å². The van der Waals surface area contributed by atoms with Crippen molar-refractivity contribution in [3.63, 3.8) is 0 Å². The SMILES string of the molecule is O=C(O)Cc1cnnn1-c1ccc2ccccc2c1. The monoisotopic (exact) mass is 253 g/mol. The van der Waals surface area contributed by atoms with Crippen LogP contribution in [0.4, 0.5) is 0 Å². The Bertz CT molecular complexity index is 749. The van der Waals surface area contributed by atoms with Crippen LogP contribution in [0.3, 0.4) is 0 Å². The molecular formula is C14H11N3O2. The Hall–Kier alpha value is -2.69. The molecule has 0 spiro atoms. The van der Waals surface area contributed by atoms with E-state index in [9.17, 15) is 4.79 Å². The fourth-order valence-electron chi connectivity index (χ4n) is 2.06. The van der Waals surface area contributed by atoms with Crippen LogP contribution in [0.2, 0.25) is 0 Å². The van der Waals surface area contributed by atoms with Gasteiger partial charge >= 0.3 is 5.97 Å². The van der Waals surface area contributed by atoms with Gasteiger partial charge in [0.2, 0.25) is 0 Å². The summed E-state index contributed by atoms with van der Waals surface area (Å²) in [7, 11) is 0. The molecule has 0 aliphatic heterocycles. The summed E-state index contributed by atoms with van der Waals surface area (Å²) in [5, 5.41) is 18.8. The van der Waals surface area contributed by atoms with E-state index in [1.165, 1.54) is 6.20 Å². The molecule has 0 amide bonds.